The number of rotatable bonds is 3. The number of nitrogens with two attached hydrogens (primary N) is 1. The average Bonchev–Trinajstić information content (AvgIpc) is 2.92. The zero-order valence-electron chi connectivity index (χ0n) is 10.1. The van der Waals surface area contributed by atoms with Crippen LogP contribution in [-0.2, 0) is 11.3 Å². The van der Waals surface area contributed by atoms with Crippen LogP contribution in [0.1, 0.15) is 12.0 Å². The van der Waals surface area contributed by atoms with Crippen molar-refractivity contribution in [3.8, 4) is 5.75 Å². The van der Waals surface area contributed by atoms with Crippen LogP contribution in [0, 0.1) is 0 Å². The van der Waals surface area contributed by atoms with Crippen LogP contribution in [0.25, 0.3) is 10.9 Å². The van der Waals surface area contributed by atoms with Crippen LogP contribution in [0.3, 0.4) is 0 Å². The van der Waals surface area contributed by atoms with E-state index in [1.165, 1.54) is 0 Å². The van der Waals surface area contributed by atoms with Crippen molar-refractivity contribution in [2.24, 2.45) is 5.73 Å². The van der Waals surface area contributed by atoms with Gasteiger partial charge in [-0.2, -0.15) is 0 Å². The third kappa shape index (κ3) is 2.05. The number of benzene rings is 1. The van der Waals surface area contributed by atoms with Gasteiger partial charge in [0.25, 0.3) is 0 Å². The van der Waals surface area contributed by atoms with Gasteiger partial charge in [-0.05, 0) is 12.1 Å². The van der Waals surface area contributed by atoms with E-state index in [-0.39, 0.29) is 6.10 Å². The highest BCUT2D eigenvalue weighted by Gasteiger charge is 2.20. The zero-order chi connectivity index (χ0) is 12.4. The lowest BCUT2D eigenvalue weighted by atomic mass is 10.1. The maximum atomic E-state index is 6.07. The van der Waals surface area contributed by atoms with Crippen LogP contribution in [0.2, 0.25) is 0 Å². The van der Waals surface area contributed by atoms with E-state index in [4.69, 9.17) is 15.2 Å². The van der Waals surface area contributed by atoms with Gasteiger partial charge in [-0.3, -0.25) is 4.98 Å². The predicted molar refractivity (Wildman–Crippen MR) is 69.5 cm³/mol. The van der Waals surface area contributed by atoms with Crippen molar-refractivity contribution in [2.75, 3.05) is 13.2 Å². The molecule has 1 aliphatic rings. The highest BCUT2D eigenvalue weighted by Crippen LogP contribution is 2.30. The minimum atomic E-state index is 0.126. The third-order valence-corrected chi connectivity index (χ3v) is 3.19. The molecule has 0 radical (unpaired) electrons. The van der Waals surface area contributed by atoms with Crippen molar-refractivity contribution in [1.29, 1.82) is 0 Å². The van der Waals surface area contributed by atoms with Crippen LogP contribution < -0.4 is 10.5 Å². The van der Waals surface area contributed by atoms with Gasteiger partial charge in [-0.15, -0.1) is 0 Å². The van der Waals surface area contributed by atoms with E-state index < -0.39 is 0 Å². The normalized spacial score (nSPS) is 19.3. The van der Waals surface area contributed by atoms with E-state index in [2.05, 4.69) is 4.98 Å². The van der Waals surface area contributed by atoms with Crippen LogP contribution in [0.4, 0.5) is 0 Å². The van der Waals surface area contributed by atoms with Crippen molar-refractivity contribution in [3.63, 3.8) is 0 Å². The highest BCUT2D eigenvalue weighted by atomic mass is 16.5. The fourth-order valence-corrected chi connectivity index (χ4v) is 2.21. The summed E-state index contributed by atoms with van der Waals surface area (Å²) in [7, 11) is 0. The van der Waals surface area contributed by atoms with Gasteiger partial charge in [0.2, 0.25) is 0 Å². The number of para-hydroxylation sites is 1. The second kappa shape index (κ2) is 4.92. The van der Waals surface area contributed by atoms with Gasteiger partial charge < -0.3 is 15.2 Å². The van der Waals surface area contributed by atoms with Gasteiger partial charge in [0.1, 0.15) is 11.9 Å². The summed E-state index contributed by atoms with van der Waals surface area (Å²) in [5.41, 5.74) is 7.64. The molecule has 0 aliphatic carbocycles. The lowest BCUT2D eigenvalue weighted by Gasteiger charge is -2.16. The Labute approximate surface area is 106 Å². The van der Waals surface area contributed by atoms with Gasteiger partial charge >= 0.3 is 0 Å². The summed E-state index contributed by atoms with van der Waals surface area (Å²) in [6.45, 7) is 1.85. The smallest absolute Gasteiger partial charge is 0.135 e. The molecule has 4 heteroatoms. The molecule has 1 fully saturated rings. The Kier molecular flexibility index (Phi) is 3.13. The van der Waals surface area contributed by atoms with Crippen molar-refractivity contribution >= 4 is 10.9 Å². The average molecular weight is 244 g/mol. The SMILES string of the molecule is NCc1cnc2ccccc2c1OC1CCOC1. The molecule has 2 N–H and O–H groups in total. The quantitative estimate of drug-likeness (QED) is 0.895. The van der Waals surface area contributed by atoms with E-state index in [0.717, 1.165) is 35.2 Å². The molecule has 2 aromatic rings. The summed E-state index contributed by atoms with van der Waals surface area (Å²) in [6.07, 6.45) is 2.86. The summed E-state index contributed by atoms with van der Waals surface area (Å²) in [6, 6.07) is 7.96. The molecule has 1 atom stereocenters. The first kappa shape index (κ1) is 11.4. The van der Waals surface area contributed by atoms with Crippen molar-refractivity contribution < 1.29 is 9.47 Å². The second-order valence-electron chi connectivity index (χ2n) is 4.44. The fourth-order valence-electron chi connectivity index (χ4n) is 2.21. The van der Waals surface area contributed by atoms with Crippen molar-refractivity contribution in [3.05, 3.63) is 36.0 Å². The maximum Gasteiger partial charge on any atom is 0.135 e. The number of ether oxygens (including phenoxy) is 2. The van der Waals surface area contributed by atoms with E-state index in [1.54, 1.807) is 6.20 Å². The number of nitrogens with zero attached hydrogens (tertiary/aromatic N) is 1. The second-order valence-corrected chi connectivity index (χ2v) is 4.44. The molecular formula is C14H16N2O2. The number of fused-ring (bicyclic) bond motifs is 1. The number of hydrogen-bond donors (Lipinski definition) is 1. The molecule has 0 amide bonds. The molecule has 1 unspecified atom stereocenters. The van der Waals surface area contributed by atoms with E-state index >= 15 is 0 Å². The Morgan fingerprint density at radius 1 is 1.39 bits per heavy atom. The fraction of sp³-hybridized carbons (Fsp3) is 0.357. The number of hydrogen-bond acceptors (Lipinski definition) is 4. The summed E-state index contributed by atoms with van der Waals surface area (Å²) in [5, 5.41) is 1.02. The summed E-state index contributed by atoms with van der Waals surface area (Å²) < 4.78 is 11.4. The van der Waals surface area contributed by atoms with Gasteiger partial charge in [0, 0.05) is 30.1 Å². The predicted octanol–water partition coefficient (Wildman–Crippen LogP) is 1.86. The molecule has 0 bridgehead atoms. The van der Waals surface area contributed by atoms with Gasteiger partial charge in [-0.25, -0.2) is 0 Å². The van der Waals surface area contributed by atoms with Crippen molar-refractivity contribution in [2.45, 2.75) is 19.1 Å². The molecule has 1 saturated heterocycles. The molecule has 1 aromatic heterocycles. The number of aromatic nitrogens is 1. The molecule has 94 valence electrons. The first-order valence-electron chi connectivity index (χ1n) is 6.19. The van der Waals surface area contributed by atoms with Crippen LogP contribution in [0.5, 0.6) is 5.75 Å². The molecule has 3 rings (SSSR count). The Morgan fingerprint density at radius 2 is 2.28 bits per heavy atom. The van der Waals surface area contributed by atoms with Gasteiger partial charge in [-0.1, -0.05) is 12.1 Å². The zero-order valence-corrected chi connectivity index (χ0v) is 10.1. The van der Waals surface area contributed by atoms with Crippen LogP contribution in [-0.4, -0.2) is 24.3 Å². The largest absolute Gasteiger partial charge is 0.487 e. The Morgan fingerprint density at radius 3 is 3.06 bits per heavy atom. The molecular weight excluding hydrogens is 228 g/mol. The van der Waals surface area contributed by atoms with Gasteiger partial charge in [0.15, 0.2) is 0 Å². The lowest BCUT2D eigenvalue weighted by molar-refractivity contribution is 0.141. The summed E-state index contributed by atoms with van der Waals surface area (Å²) in [4.78, 5) is 4.40. The molecule has 0 spiro atoms. The number of pyridine rings is 1. The van der Waals surface area contributed by atoms with Crippen LogP contribution in [0.15, 0.2) is 30.5 Å². The molecule has 2 heterocycles. The van der Waals surface area contributed by atoms with E-state index in [1.807, 2.05) is 24.3 Å². The Hall–Kier alpha value is -1.65. The molecule has 4 nitrogen and oxygen atoms in total. The van der Waals surface area contributed by atoms with E-state index in [0.29, 0.717) is 13.2 Å². The van der Waals surface area contributed by atoms with Crippen molar-refractivity contribution in [1.82, 2.24) is 4.98 Å². The topological polar surface area (TPSA) is 57.4 Å². The van der Waals surface area contributed by atoms with Crippen LogP contribution >= 0.6 is 0 Å². The lowest BCUT2D eigenvalue weighted by Crippen LogP contribution is -2.17. The standard InChI is InChI=1S/C14H16N2O2/c15-7-10-8-16-13-4-2-1-3-12(13)14(10)18-11-5-6-17-9-11/h1-4,8,11H,5-7,9,15H2. The maximum absolute atomic E-state index is 6.07. The molecule has 1 aliphatic heterocycles. The molecule has 0 saturated carbocycles. The Balaban J connectivity index is 2.05. The van der Waals surface area contributed by atoms with E-state index in [9.17, 15) is 0 Å². The molecule has 1 aromatic carbocycles. The summed E-state index contributed by atoms with van der Waals surface area (Å²) in [5.74, 6) is 0.860. The minimum absolute atomic E-state index is 0.126. The first-order chi connectivity index (χ1) is 8.88. The monoisotopic (exact) mass is 244 g/mol. The molecule has 18 heavy (non-hydrogen) atoms. The Bertz CT molecular complexity index is 550. The first-order valence-corrected chi connectivity index (χ1v) is 6.19. The third-order valence-electron chi connectivity index (χ3n) is 3.19. The highest BCUT2D eigenvalue weighted by molar-refractivity contribution is 5.86. The minimum Gasteiger partial charge on any atom is -0.487 e. The van der Waals surface area contributed by atoms with Gasteiger partial charge in [0.05, 0.1) is 18.7 Å². The summed E-state index contributed by atoms with van der Waals surface area (Å²) >= 11 is 0.